The number of hydrogen-bond donors (Lipinski definition) is 1. The summed E-state index contributed by atoms with van der Waals surface area (Å²) in [4.78, 5) is 23.4. The average molecular weight is 559 g/mol. The Bertz CT molecular complexity index is 775. The number of carboxylic acids is 1. The van der Waals surface area contributed by atoms with Crippen LogP contribution in [0.2, 0.25) is 0 Å². The van der Waals surface area contributed by atoms with Gasteiger partial charge in [-0.05, 0) is 63.4 Å². The SMILES string of the molecule is CCCCC(F)(F)C(=O)CC=C1[C@@H](CCCCCCC(=O)O)[C@@H](OC2CCCCO2)C[C@H]1OC1CCCCO1. The third-order valence-corrected chi connectivity index (χ3v) is 8.04. The van der Waals surface area contributed by atoms with Gasteiger partial charge in [-0.2, -0.15) is 8.78 Å². The number of alkyl halides is 2. The molecule has 39 heavy (non-hydrogen) atoms. The summed E-state index contributed by atoms with van der Waals surface area (Å²) in [5.41, 5.74) is 0.857. The van der Waals surface area contributed by atoms with E-state index in [-0.39, 0.29) is 43.5 Å². The van der Waals surface area contributed by atoms with Crippen molar-refractivity contribution < 1.29 is 42.4 Å². The lowest BCUT2D eigenvalue weighted by molar-refractivity contribution is -0.203. The van der Waals surface area contributed by atoms with Crippen molar-refractivity contribution in [3.63, 3.8) is 0 Å². The van der Waals surface area contributed by atoms with Crippen molar-refractivity contribution >= 4 is 11.8 Å². The van der Waals surface area contributed by atoms with E-state index in [9.17, 15) is 18.4 Å². The van der Waals surface area contributed by atoms with Crippen LogP contribution < -0.4 is 0 Å². The first-order chi connectivity index (χ1) is 18.8. The van der Waals surface area contributed by atoms with Gasteiger partial charge < -0.3 is 24.1 Å². The number of rotatable bonds is 17. The zero-order valence-electron chi connectivity index (χ0n) is 23.6. The van der Waals surface area contributed by atoms with Crippen molar-refractivity contribution in [1.29, 1.82) is 0 Å². The summed E-state index contributed by atoms with van der Waals surface area (Å²) in [7, 11) is 0. The highest BCUT2D eigenvalue weighted by Gasteiger charge is 2.43. The fraction of sp³-hybridized carbons (Fsp3) is 0.867. The second-order valence-electron chi connectivity index (χ2n) is 11.2. The summed E-state index contributed by atoms with van der Waals surface area (Å²) >= 11 is 0. The van der Waals surface area contributed by atoms with Crippen LogP contribution in [0, 0.1) is 5.92 Å². The van der Waals surface area contributed by atoms with Crippen LogP contribution >= 0.6 is 0 Å². The molecule has 5 atom stereocenters. The molecule has 2 aliphatic heterocycles. The summed E-state index contributed by atoms with van der Waals surface area (Å²) in [5.74, 6) is -5.26. The molecule has 2 unspecified atom stereocenters. The molecule has 0 bridgehead atoms. The zero-order valence-corrected chi connectivity index (χ0v) is 23.6. The molecule has 0 aromatic rings. The monoisotopic (exact) mass is 558 g/mol. The summed E-state index contributed by atoms with van der Waals surface area (Å²) in [6.45, 7) is 3.12. The first-order valence-corrected chi connectivity index (χ1v) is 15.2. The largest absolute Gasteiger partial charge is 0.481 e. The Morgan fingerprint density at radius 1 is 0.974 bits per heavy atom. The standard InChI is InChI=1S/C30H48F2O7/c1-2-3-18-30(31,32)26(33)17-16-23-22(12-6-4-5-7-13-27(34)35)24(38-28-14-8-10-19-36-28)21-25(23)39-29-15-9-11-20-37-29/h16,22,24-25,28-29H,2-15,17-21H2,1H3,(H,34,35)/t22-,24+,25-,28?,29?/m1/s1. The molecule has 7 nitrogen and oxygen atoms in total. The van der Waals surface area contributed by atoms with E-state index in [2.05, 4.69) is 0 Å². The van der Waals surface area contributed by atoms with Crippen molar-refractivity contribution in [3.8, 4) is 0 Å². The quantitative estimate of drug-likeness (QED) is 0.152. The van der Waals surface area contributed by atoms with Crippen LogP contribution in [0.4, 0.5) is 8.78 Å². The highest BCUT2D eigenvalue weighted by atomic mass is 19.3. The van der Waals surface area contributed by atoms with Crippen LogP contribution in [0.15, 0.2) is 11.6 Å². The molecule has 0 radical (unpaired) electrons. The molecule has 0 spiro atoms. The van der Waals surface area contributed by atoms with Crippen molar-refractivity contribution in [2.45, 2.75) is 147 Å². The van der Waals surface area contributed by atoms with Crippen LogP contribution in [-0.4, -0.2) is 60.8 Å². The minimum absolute atomic E-state index is 0.0827. The minimum Gasteiger partial charge on any atom is -0.481 e. The maximum Gasteiger partial charge on any atom is 0.305 e. The molecule has 0 aromatic heterocycles. The number of ether oxygens (including phenoxy) is 4. The van der Waals surface area contributed by atoms with Crippen molar-refractivity contribution in [2.24, 2.45) is 5.92 Å². The number of ketones is 1. The molecule has 9 heteroatoms. The Kier molecular flexibility index (Phi) is 13.8. The number of unbranched alkanes of at least 4 members (excludes halogenated alkanes) is 4. The van der Waals surface area contributed by atoms with Crippen LogP contribution in [0.25, 0.3) is 0 Å². The topological polar surface area (TPSA) is 91.3 Å². The average Bonchev–Trinajstić information content (AvgIpc) is 3.23. The lowest BCUT2D eigenvalue weighted by atomic mass is 9.91. The van der Waals surface area contributed by atoms with E-state index in [4.69, 9.17) is 24.1 Å². The van der Waals surface area contributed by atoms with Crippen molar-refractivity contribution in [2.75, 3.05) is 13.2 Å². The van der Waals surface area contributed by atoms with Gasteiger partial charge in [0, 0.05) is 44.8 Å². The van der Waals surface area contributed by atoms with E-state index in [1.54, 1.807) is 6.08 Å². The van der Waals surface area contributed by atoms with Crippen molar-refractivity contribution in [1.82, 2.24) is 0 Å². The summed E-state index contributed by atoms with van der Waals surface area (Å²) in [5, 5.41) is 8.90. The Labute approximate surface area is 232 Å². The number of carbonyl (C=O) groups excluding carboxylic acids is 1. The van der Waals surface area contributed by atoms with Gasteiger partial charge >= 0.3 is 11.9 Å². The number of allylic oxidation sites excluding steroid dienone is 1. The predicted octanol–water partition coefficient (Wildman–Crippen LogP) is 6.97. The van der Waals surface area contributed by atoms with Gasteiger partial charge in [0.05, 0.1) is 12.2 Å². The molecule has 1 N–H and O–H groups in total. The Morgan fingerprint density at radius 3 is 2.26 bits per heavy atom. The normalized spacial score (nSPS) is 29.1. The highest BCUT2D eigenvalue weighted by Crippen LogP contribution is 2.42. The molecule has 0 aromatic carbocycles. The Morgan fingerprint density at radius 2 is 1.64 bits per heavy atom. The maximum absolute atomic E-state index is 14.5. The molecule has 2 heterocycles. The lowest BCUT2D eigenvalue weighted by Gasteiger charge is -2.29. The van der Waals surface area contributed by atoms with Gasteiger partial charge in [0.2, 0.25) is 5.78 Å². The number of hydrogen-bond acceptors (Lipinski definition) is 6. The molecule has 3 aliphatic rings. The summed E-state index contributed by atoms with van der Waals surface area (Å²) < 4.78 is 53.5. The second-order valence-corrected chi connectivity index (χ2v) is 11.2. The van der Waals surface area contributed by atoms with Gasteiger partial charge in [-0.15, -0.1) is 0 Å². The number of Topliss-reactive ketones (excluding diaryl/α,β-unsaturated/α-hetero) is 1. The maximum atomic E-state index is 14.5. The van der Waals surface area contributed by atoms with E-state index in [0.717, 1.165) is 69.8 Å². The predicted molar refractivity (Wildman–Crippen MR) is 143 cm³/mol. The van der Waals surface area contributed by atoms with Crippen LogP contribution in [0.3, 0.4) is 0 Å². The molecule has 1 saturated carbocycles. The smallest absolute Gasteiger partial charge is 0.305 e. The van der Waals surface area contributed by atoms with E-state index >= 15 is 0 Å². The Hall–Kier alpha value is -1.42. The molecule has 3 rings (SSSR count). The van der Waals surface area contributed by atoms with Gasteiger partial charge in [-0.25, -0.2) is 0 Å². The summed E-state index contributed by atoms with van der Waals surface area (Å²) in [6.07, 6.45) is 10.9. The third kappa shape index (κ3) is 10.8. The number of carbonyl (C=O) groups is 2. The molecule has 2 saturated heterocycles. The zero-order chi connectivity index (χ0) is 28.1. The van der Waals surface area contributed by atoms with E-state index in [1.165, 1.54) is 0 Å². The van der Waals surface area contributed by atoms with Crippen LogP contribution in [-0.2, 0) is 28.5 Å². The van der Waals surface area contributed by atoms with Crippen LogP contribution in [0.1, 0.15) is 116 Å². The van der Waals surface area contributed by atoms with Gasteiger partial charge in [0.1, 0.15) is 0 Å². The first-order valence-electron chi connectivity index (χ1n) is 15.2. The van der Waals surface area contributed by atoms with E-state index in [0.29, 0.717) is 38.9 Å². The molecule has 0 amide bonds. The van der Waals surface area contributed by atoms with Gasteiger partial charge in [0.15, 0.2) is 12.6 Å². The molecule has 3 fully saturated rings. The van der Waals surface area contributed by atoms with Gasteiger partial charge in [-0.3, -0.25) is 9.59 Å². The second kappa shape index (κ2) is 16.7. The van der Waals surface area contributed by atoms with Gasteiger partial charge in [0.25, 0.3) is 0 Å². The Balaban J connectivity index is 1.75. The lowest BCUT2D eigenvalue weighted by Crippen LogP contribution is -2.30. The summed E-state index contributed by atoms with van der Waals surface area (Å²) in [6, 6.07) is 0. The number of carboxylic acid groups (broad SMARTS) is 1. The van der Waals surface area contributed by atoms with E-state index < -0.39 is 24.1 Å². The molecule has 1 aliphatic carbocycles. The van der Waals surface area contributed by atoms with E-state index in [1.807, 2.05) is 6.92 Å². The third-order valence-electron chi connectivity index (χ3n) is 8.04. The minimum atomic E-state index is -3.33. The molecular weight excluding hydrogens is 510 g/mol. The number of halogens is 2. The fourth-order valence-corrected chi connectivity index (χ4v) is 5.79. The molecular formula is C30H48F2O7. The molecule has 224 valence electrons. The highest BCUT2D eigenvalue weighted by molar-refractivity contribution is 5.86. The van der Waals surface area contributed by atoms with Crippen LogP contribution in [0.5, 0.6) is 0 Å². The van der Waals surface area contributed by atoms with Crippen molar-refractivity contribution in [3.05, 3.63) is 11.6 Å². The first kappa shape index (κ1) is 32.1. The van der Waals surface area contributed by atoms with Gasteiger partial charge in [-0.1, -0.05) is 38.7 Å². The number of aliphatic carboxylic acids is 1. The fourth-order valence-electron chi connectivity index (χ4n) is 5.79.